The van der Waals surface area contributed by atoms with Gasteiger partial charge >= 0.3 is 0 Å². The normalized spacial score (nSPS) is 14.5. The summed E-state index contributed by atoms with van der Waals surface area (Å²) in [6, 6.07) is 83.5. The van der Waals surface area contributed by atoms with Crippen molar-refractivity contribution in [1.29, 1.82) is 0 Å². The van der Waals surface area contributed by atoms with Gasteiger partial charge in [0.05, 0.1) is 33.5 Å². The Morgan fingerprint density at radius 3 is 2.01 bits per heavy atom. The molecule has 2 aromatic heterocycles. The third kappa shape index (κ3) is 6.39. The molecule has 13 rings (SSSR count). The maximum absolute atomic E-state index is 5.59. The lowest BCUT2D eigenvalue weighted by Crippen LogP contribution is -2.33. The van der Waals surface area contributed by atoms with Gasteiger partial charge in [0, 0.05) is 38.8 Å². The second-order valence-electron chi connectivity index (χ2n) is 18.3. The number of hydrogen-bond donors (Lipinski definition) is 1. The number of anilines is 2. The molecule has 1 atom stereocenters. The molecule has 1 aliphatic carbocycles. The fourth-order valence-electron chi connectivity index (χ4n) is 11.5. The van der Waals surface area contributed by atoms with E-state index in [2.05, 4.69) is 259 Å². The van der Waals surface area contributed by atoms with E-state index >= 15 is 0 Å². The van der Waals surface area contributed by atoms with Crippen LogP contribution in [0.3, 0.4) is 0 Å². The zero-order valence-corrected chi connectivity index (χ0v) is 38.8. The third-order valence-corrected chi connectivity index (χ3v) is 14.4. The molecule has 330 valence electrons. The Labute approximate surface area is 408 Å². The van der Waals surface area contributed by atoms with Crippen LogP contribution in [0, 0.1) is 0 Å². The predicted octanol–water partition coefficient (Wildman–Crippen LogP) is 17.3. The summed E-state index contributed by atoms with van der Waals surface area (Å²) in [6.45, 7) is 6.79. The first-order valence-electron chi connectivity index (χ1n) is 24.1. The molecule has 1 aliphatic heterocycles. The maximum Gasteiger partial charge on any atom is 0.0754 e. The van der Waals surface area contributed by atoms with Crippen LogP contribution in [0.1, 0.15) is 40.3 Å². The Bertz CT molecular complexity index is 3870. The average Bonchev–Trinajstić information content (AvgIpc) is 3.92. The summed E-state index contributed by atoms with van der Waals surface area (Å²) in [5, 5.41) is 6.16. The van der Waals surface area contributed by atoms with E-state index < -0.39 is 5.41 Å². The monoisotopic (exact) mass is 893 g/mol. The zero-order chi connectivity index (χ0) is 46.8. The van der Waals surface area contributed by atoms with Gasteiger partial charge < -0.3 is 9.88 Å². The van der Waals surface area contributed by atoms with Crippen molar-refractivity contribution in [3.8, 4) is 50.5 Å². The number of allylic oxidation sites excluding steroid dienone is 5. The fraction of sp³-hybridized carbons (Fsp3) is 0.0299. The molecule has 3 nitrogen and oxygen atoms in total. The van der Waals surface area contributed by atoms with Crippen LogP contribution in [-0.2, 0) is 5.41 Å². The number of pyridine rings is 1. The second kappa shape index (κ2) is 16.6. The second-order valence-corrected chi connectivity index (χ2v) is 18.3. The molecule has 0 radical (unpaired) electrons. The fourth-order valence-corrected chi connectivity index (χ4v) is 11.5. The average molecular weight is 894 g/mol. The van der Waals surface area contributed by atoms with E-state index in [0.29, 0.717) is 0 Å². The number of para-hydroxylation sites is 5. The van der Waals surface area contributed by atoms with Crippen LogP contribution in [0.2, 0.25) is 0 Å². The van der Waals surface area contributed by atoms with E-state index in [0.717, 1.165) is 67.3 Å². The van der Waals surface area contributed by atoms with Gasteiger partial charge in [0.2, 0.25) is 0 Å². The molecule has 0 saturated carbocycles. The summed E-state index contributed by atoms with van der Waals surface area (Å²) in [5.74, 6) is 0. The van der Waals surface area contributed by atoms with Gasteiger partial charge in [0.25, 0.3) is 0 Å². The van der Waals surface area contributed by atoms with Crippen molar-refractivity contribution in [3.05, 3.63) is 289 Å². The Morgan fingerprint density at radius 2 is 1.19 bits per heavy atom. The van der Waals surface area contributed by atoms with Gasteiger partial charge in [-0.2, -0.15) is 0 Å². The Morgan fingerprint density at radius 1 is 0.529 bits per heavy atom. The summed E-state index contributed by atoms with van der Waals surface area (Å²) in [4.78, 5) is 5.59. The van der Waals surface area contributed by atoms with Gasteiger partial charge in [-0.15, -0.1) is 0 Å². The highest BCUT2D eigenvalue weighted by atomic mass is 15.0. The molecule has 0 saturated heterocycles. The van der Waals surface area contributed by atoms with Gasteiger partial charge in [-0.05, 0) is 123 Å². The molecule has 2 aliphatic rings. The number of hydrogen-bond acceptors (Lipinski definition) is 2. The molecule has 70 heavy (non-hydrogen) atoms. The van der Waals surface area contributed by atoms with Crippen molar-refractivity contribution in [2.24, 2.45) is 0 Å². The van der Waals surface area contributed by atoms with Crippen molar-refractivity contribution < 1.29 is 0 Å². The predicted molar refractivity (Wildman–Crippen MR) is 294 cm³/mol. The summed E-state index contributed by atoms with van der Waals surface area (Å²) < 4.78 is 2.51. The van der Waals surface area contributed by atoms with E-state index in [9.17, 15) is 0 Å². The highest BCUT2D eigenvalue weighted by Crippen LogP contribution is 2.63. The van der Waals surface area contributed by atoms with E-state index in [1.807, 2.05) is 6.07 Å². The Balaban J connectivity index is 1.09. The first kappa shape index (κ1) is 41.2. The van der Waals surface area contributed by atoms with E-state index in [1.165, 1.54) is 60.9 Å². The van der Waals surface area contributed by atoms with Crippen LogP contribution >= 0.6 is 0 Å². The number of benzene rings is 9. The van der Waals surface area contributed by atoms with Crippen LogP contribution in [-0.4, -0.2) is 9.55 Å². The van der Waals surface area contributed by atoms with Crippen LogP contribution < -0.4 is 5.32 Å². The summed E-state index contributed by atoms with van der Waals surface area (Å²) >= 11 is 0. The van der Waals surface area contributed by atoms with Gasteiger partial charge in [0.1, 0.15) is 0 Å². The first-order chi connectivity index (χ1) is 34.6. The zero-order valence-electron chi connectivity index (χ0n) is 38.8. The van der Waals surface area contributed by atoms with Crippen LogP contribution in [0.4, 0.5) is 11.4 Å². The van der Waals surface area contributed by atoms with E-state index in [1.54, 1.807) is 0 Å². The molecule has 3 heterocycles. The molecule has 0 bridgehead atoms. The van der Waals surface area contributed by atoms with Crippen molar-refractivity contribution in [2.45, 2.75) is 12.3 Å². The minimum atomic E-state index is -0.644. The standard InChI is InChI=1S/C67H47N3/c1-3-21-47(40-44(2)51-28-13-16-35-60(51)68-50-26-11-6-12-27-50)48-38-39-56-55(41-48)65-54(62-43-49(45-22-7-4-8-23-45)42-61(69-62)46-24-9-5-10-25-46)31-20-33-58(65)67(56)57-32-15-18-37-64(57)70-63-36-17-14-29-52(63)53-30-19-34-59(67)66(53)70/h3-43,68H,2H2,1H3/b21-3-,47-40+. The van der Waals surface area contributed by atoms with Crippen LogP contribution in [0.15, 0.2) is 255 Å². The van der Waals surface area contributed by atoms with Crippen molar-refractivity contribution >= 4 is 44.3 Å². The lowest BCUT2D eigenvalue weighted by molar-refractivity contribution is 0.748. The number of nitrogens with one attached hydrogen (secondary N) is 1. The van der Waals surface area contributed by atoms with Gasteiger partial charge in [-0.3, -0.25) is 0 Å². The maximum atomic E-state index is 5.59. The van der Waals surface area contributed by atoms with Crippen LogP contribution in [0.25, 0.3) is 83.4 Å². The van der Waals surface area contributed by atoms with Crippen molar-refractivity contribution in [3.63, 3.8) is 0 Å². The Kier molecular flexibility index (Phi) is 9.77. The molecule has 1 unspecified atom stereocenters. The van der Waals surface area contributed by atoms with Gasteiger partial charge in [-0.1, -0.05) is 201 Å². The third-order valence-electron chi connectivity index (χ3n) is 14.4. The SMILES string of the molecule is C=C(/C=C(\C=C/C)c1ccc2c(c1)-c1c(-c3cc(-c4ccccc4)cc(-c4ccccc4)n3)cccc1C21c2ccccc2-n2c3ccccc3c3cccc1c32)c1ccccc1Nc1ccccc1. The van der Waals surface area contributed by atoms with E-state index in [-0.39, 0.29) is 0 Å². The molecule has 9 aromatic carbocycles. The number of rotatable bonds is 9. The highest BCUT2D eigenvalue weighted by molar-refractivity contribution is 6.13. The van der Waals surface area contributed by atoms with Crippen molar-refractivity contribution in [2.75, 3.05) is 5.32 Å². The molecular weight excluding hydrogens is 847 g/mol. The molecule has 11 aromatic rings. The lowest BCUT2D eigenvalue weighted by Gasteiger charge is -2.39. The molecule has 0 amide bonds. The topological polar surface area (TPSA) is 29.9 Å². The summed E-state index contributed by atoms with van der Waals surface area (Å²) in [6.07, 6.45) is 6.57. The molecule has 1 N–H and O–H groups in total. The Hall–Kier alpha value is -9.05. The quantitative estimate of drug-likeness (QED) is 0.146. The lowest BCUT2D eigenvalue weighted by atomic mass is 9.65. The van der Waals surface area contributed by atoms with Gasteiger partial charge in [0.15, 0.2) is 0 Å². The molecule has 0 fully saturated rings. The molecular formula is C67H47N3. The summed E-state index contributed by atoms with van der Waals surface area (Å²) in [7, 11) is 0. The number of fused-ring (bicyclic) bond motifs is 12. The minimum Gasteiger partial charge on any atom is -0.355 e. The van der Waals surface area contributed by atoms with Crippen LogP contribution in [0.5, 0.6) is 0 Å². The number of nitrogens with zero attached hydrogens (tertiary/aromatic N) is 2. The minimum absolute atomic E-state index is 0.644. The highest BCUT2D eigenvalue weighted by Gasteiger charge is 2.51. The molecule has 1 spiro atoms. The number of aromatic nitrogens is 2. The van der Waals surface area contributed by atoms with Gasteiger partial charge in [-0.25, -0.2) is 4.98 Å². The van der Waals surface area contributed by atoms with Crippen molar-refractivity contribution in [1.82, 2.24) is 9.55 Å². The summed E-state index contributed by atoms with van der Waals surface area (Å²) in [5.41, 5.74) is 23.0. The van der Waals surface area contributed by atoms with E-state index in [4.69, 9.17) is 11.6 Å². The smallest absolute Gasteiger partial charge is 0.0754 e. The largest absolute Gasteiger partial charge is 0.355 e. The molecule has 3 heteroatoms. The first-order valence-corrected chi connectivity index (χ1v) is 24.1.